The van der Waals surface area contributed by atoms with Gasteiger partial charge in [0.25, 0.3) is 0 Å². The summed E-state index contributed by atoms with van der Waals surface area (Å²) in [7, 11) is 0. The van der Waals surface area contributed by atoms with Gasteiger partial charge in [0.05, 0.1) is 0 Å². The van der Waals surface area contributed by atoms with E-state index in [4.69, 9.17) is 0 Å². The summed E-state index contributed by atoms with van der Waals surface area (Å²) in [6.07, 6.45) is 14.3. The van der Waals surface area contributed by atoms with Gasteiger partial charge < -0.3 is 0 Å². The van der Waals surface area contributed by atoms with Crippen molar-refractivity contribution in [2.45, 2.75) is 65.2 Å². The fourth-order valence-electron chi connectivity index (χ4n) is 4.01. The van der Waals surface area contributed by atoms with Gasteiger partial charge in [0.1, 0.15) is 0 Å². The zero-order valence-electron chi connectivity index (χ0n) is 15.9. The van der Waals surface area contributed by atoms with Crippen molar-refractivity contribution in [2.24, 2.45) is 5.92 Å². The maximum Gasteiger partial charge on any atom is -0.0244 e. The maximum absolute atomic E-state index is 2.47. The van der Waals surface area contributed by atoms with Crippen LogP contribution in [0, 0.1) is 5.92 Å². The van der Waals surface area contributed by atoms with E-state index in [0.29, 0.717) is 0 Å². The molecular weight excluding hydrogens is 300 g/mol. The average Bonchev–Trinajstić information content (AvgIpc) is 2.67. The second-order valence-corrected chi connectivity index (χ2v) is 7.53. The van der Waals surface area contributed by atoms with Gasteiger partial charge in [-0.25, -0.2) is 0 Å². The monoisotopic (exact) mass is 332 g/mol. The van der Waals surface area contributed by atoms with Crippen molar-refractivity contribution in [1.82, 2.24) is 0 Å². The Labute approximate surface area is 154 Å². The molecule has 0 saturated heterocycles. The molecule has 0 spiro atoms. The summed E-state index contributed by atoms with van der Waals surface area (Å²) in [4.78, 5) is 0. The first-order valence-corrected chi connectivity index (χ1v) is 10.1. The molecule has 0 amide bonds. The molecule has 0 N–H and O–H groups in total. The summed E-state index contributed by atoms with van der Waals surface area (Å²) in [5.74, 6) is 0.854. The molecular formula is C25H32. The van der Waals surface area contributed by atoms with Crippen LogP contribution in [0.1, 0.15) is 60.9 Å². The summed E-state index contributed by atoms with van der Waals surface area (Å²) in [5, 5.41) is 0. The highest BCUT2D eigenvalue weighted by molar-refractivity contribution is 5.34. The fraction of sp³-hybridized carbons (Fsp3) is 0.440. The van der Waals surface area contributed by atoms with E-state index in [2.05, 4.69) is 68.5 Å². The van der Waals surface area contributed by atoms with Crippen LogP contribution in [0.4, 0.5) is 0 Å². The molecule has 1 atom stereocenters. The van der Waals surface area contributed by atoms with E-state index in [1.165, 1.54) is 55.2 Å². The van der Waals surface area contributed by atoms with Crippen molar-refractivity contribution >= 4 is 0 Å². The van der Waals surface area contributed by atoms with Gasteiger partial charge in [-0.05, 0) is 92.0 Å². The Balaban J connectivity index is 1.53. The smallest absolute Gasteiger partial charge is 0.0244 e. The molecule has 0 aromatic heterocycles. The second kappa shape index (κ2) is 9.04. The van der Waals surface area contributed by atoms with Crippen molar-refractivity contribution in [3.8, 4) is 0 Å². The third-order valence-electron chi connectivity index (χ3n) is 5.71. The molecule has 0 bridgehead atoms. The SMILES string of the molecule is C/C=C/CCc1ccc2c(c1)CCC(CCc1ccc(CC)cc1)C2. The summed E-state index contributed by atoms with van der Waals surface area (Å²) in [6, 6.07) is 16.5. The first kappa shape index (κ1) is 18.0. The minimum absolute atomic E-state index is 0.854. The van der Waals surface area contributed by atoms with Crippen LogP contribution in [0.3, 0.4) is 0 Å². The number of hydrogen-bond acceptors (Lipinski definition) is 0. The van der Waals surface area contributed by atoms with E-state index < -0.39 is 0 Å². The minimum atomic E-state index is 0.854. The number of allylic oxidation sites excluding steroid dienone is 2. The molecule has 0 aliphatic heterocycles. The molecule has 25 heavy (non-hydrogen) atoms. The van der Waals surface area contributed by atoms with Crippen LogP contribution in [0.2, 0.25) is 0 Å². The van der Waals surface area contributed by atoms with Gasteiger partial charge in [-0.1, -0.05) is 61.5 Å². The predicted octanol–water partition coefficient (Wildman–Crippen LogP) is 6.50. The third kappa shape index (κ3) is 5.08. The maximum atomic E-state index is 2.47. The highest BCUT2D eigenvalue weighted by Crippen LogP contribution is 2.29. The molecule has 2 aromatic rings. The van der Waals surface area contributed by atoms with E-state index >= 15 is 0 Å². The molecule has 1 unspecified atom stereocenters. The summed E-state index contributed by atoms with van der Waals surface area (Å²) >= 11 is 0. The zero-order chi connectivity index (χ0) is 17.5. The Morgan fingerprint density at radius 2 is 1.68 bits per heavy atom. The van der Waals surface area contributed by atoms with Gasteiger partial charge in [0.2, 0.25) is 0 Å². The fourth-order valence-corrected chi connectivity index (χ4v) is 4.01. The summed E-state index contributed by atoms with van der Waals surface area (Å²) in [5.41, 5.74) is 7.67. The van der Waals surface area contributed by atoms with E-state index in [1.54, 1.807) is 11.1 Å². The van der Waals surface area contributed by atoms with Crippen LogP contribution < -0.4 is 0 Å². The number of benzene rings is 2. The van der Waals surface area contributed by atoms with E-state index in [9.17, 15) is 0 Å². The van der Waals surface area contributed by atoms with E-state index in [-0.39, 0.29) is 0 Å². The average molecular weight is 333 g/mol. The van der Waals surface area contributed by atoms with Gasteiger partial charge >= 0.3 is 0 Å². The minimum Gasteiger partial charge on any atom is -0.0917 e. The van der Waals surface area contributed by atoms with Gasteiger partial charge in [-0.2, -0.15) is 0 Å². The molecule has 1 aliphatic carbocycles. The lowest BCUT2D eigenvalue weighted by Crippen LogP contribution is -2.15. The molecule has 0 radical (unpaired) electrons. The number of fused-ring (bicyclic) bond motifs is 1. The van der Waals surface area contributed by atoms with Gasteiger partial charge in [-0.15, -0.1) is 0 Å². The Hall–Kier alpha value is -1.82. The van der Waals surface area contributed by atoms with Gasteiger partial charge in [0, 0.05) is 0 Å². The highest BCUT2D eigenvalue weighted by Gasteiger charge is 2.18. The quantitative estimate of drug-likeness (QED) is 0.508. The largest absolute Gasteiger partial charge is 0.0917 e. The Kier molecular flexibility index (Phi) is 6.50. The molecule has 0 nitrogen and oxygen atoms in total. The molecule has 0 saturated carbocycles. The molecule has 132 valence electrons. The topological polar surface area (TPSA) is 0 Å². The Morgan fingerprint density at radius 3 is 2.44 bits per heavy atom. The standard InChI is InChI=1S/C25H32/c1-3-5-6-7-22-14-16-25-19-23(15-17-24(25)18-22)13-12-21-10-8-20(4-2)9-11-21/h3,5,8-11,14,16,18,23H,4,6-7,12-13,15,17,19H2,1-2H3/b5-3+. The second-order valence-electron chi connectivity index (χ2n) is 7.53. The molecule has 2 aromatic carbocycles. The Morgan fingerprint density at radius 1 is 0.920 bits per heavy atom. The number of rotatable bonds is 7. The molecule has 3 rings (SSSR count). The first-order valence-electron chi connectivity index (χ1n) is 10.1. The predicted molar refractivity (Wildman–Crippen MR) is 109 cm³/mol. The van der Waals surface area contributed by atoms with Gasteiger partial charge in [0.15, 0.2) is 0 Å². The third-order valence-corrected chi connectivity index (χ3v) is 5.71. The first-order chi connectivity index (χ1) is 12.3. The van der Waals surface area contributed by atoms with E-state index in [1.807, 2.05) is 0 Å². The van der Waals surface area contributed by atoms with Crippen molar-refractivity contribution in [3.63, 3.8) is 0 Å². The Bertz CT molecular complexity index is 690. The van der Waals surface area contributed by atoms with E-state index in [0.717, 1.165) is 18.8 Å². The van der Waals surface area contributed by atoms with Crippen LogP contribution in [-0.4, -0.2) is 0 Å². The zero-order valence-corrected chi connectivity index (χ0v) is 15.9. The van der Waals surface area contributed by atoms with Gasteiger partial charge in [-0.3, -0.25) is 0 Å². The lowest BCUT2D eigenvalue weighted by molar-refractivity contribution is 0.427. The van der Waals surface area contributed by atoms with Crippen LogP contribution in [0.15, 0.2) is 54.6 Å². The van der Waals surface area contributed by atoms with Crippen molar-refractivity contribution < 1.29 is 0 Å². The number of hydrogen-bond donors (Lipinski definition) is 0. The van der Waals surface area contributed by atoms with Crippen LogP contribution in [-0.2, 0) is 32.1 Å². The molecule has 0 heterocycles. The highest BCUT2D eigenvalue weighted by atomic mass is 14.2. The van der Waals surface area contributed by atoms with Crippen LogP contribution in [0.5, 0.6) is 0 Å². The summed E-state index contributed by atoms with van der Waals surface area (Å²) < 4.78 is 0. The molecule has 1 aliphatic rings. The van der Waals surface area contributed by atoms with Crippen molar-refractivity contribution in [3.05, 3.63) is 82.4 Å². The molecule has 0 heteroatoms. The van der Waals surface area contributed by atoms with Crippen LogP contribution in [0.25, 0.3) is 0 Å². The summed E-state index contributed by atoms with van der Waals surface area (Å²) in [6.45, 7) is 4.32. The number of aryl methyl sites for hydroxylation is 4. The lowest BCUT2D eigenvalue weighted by atomic mass is 9.80. The lowest BCUT2D eigenvalue weighted by Gasteiger charge is -2.25. The van der Waals surface area contributed by atoms with Crippen molar-refractivity contribution in [2.75, 3.05) is 0 Å². The van der Waals surface area contributed by atoms with Crippen LogP contribution >= 0.6 is 0 Å². The van der Waals surface area contributed by atoms with Crippen molar-refractivity contribution in [1.29, 1.82) is 0 Å². The normalized spacial score (nSPS) is 17.0. The molecule has 0 fully saturated rings.